The molecular weight excluding hydrogens is 905 g/mol. The van der Waals surface area contributed by atoms with Crippen molar-refractivity contribution in [2.75, 3.05) is 32.9 Å². The van der Waals surface area contributed by atoms with Crippen LogP contribution in [0.3, 0.4) is 0 Å². The molecule has 0 bridgehead atoms. The SMILES string of the molecule is CN[C@H](C(=O)N[C@H](C(=O)N(C)[C@H](/C=C(\C)C(=O)N[C@H](CCC(=O)N[C@H](CCC(=O)NCCN1C(=O)CC(SC[C@H](N)C(=O)O)C1=O)C(=O)O)C(=O)O)C(C)C)C(C)(C)C)C(C)(C)c1ccccc1. The van der Waals surface area contributed by atoms with E-state index in [9.17, 15) is 58.2 Å². The maximum atomic E-state index is 14.3. The molecule has 0 saturated carbocycles. The highest BCUT2D eigenvalue weighted by molar-refractivity contribution is 8.00. The van der Waals surface area contributed by atoms with E-state index in [4.69, 9.17) is 10.8 Å². The van der Waals surface area contributed by atoms with Crippen molar-refractivity contribution in [3.05, 3.63) is 47.5 Å². The van der Waals surface area contributed by atoms with Crippen LogP contribution in [0.15, 0.2) is 42.0 Å². The second-order valence-electron chi connectivity index (χ2n) is 18.8. The largest absolute Gasteiger partial charge is 0.480 e. The Hall–Kier alpha value is -5.87. The predicted octanol–water partition coefficient (Wildman–Crippen LogP) is 0.600. The van der Waals surface area contributed by atoms with Gasteiger partial charge in [0.2, 0.25) is 41.4 Å². The molecule has 1 heterocycles. The molecule has 1 aromatic carbocycles. The number of rotatable bonds is 27. The minimum absolute atomic E-state index is 0.0690. The van der Waals surface area contributed by atoms with E-state index in [0.717, 1.165) is 22.2 Å². The summed E-state index contributed by atoms with van der Waals surface area (Å²) in [7, 11) is 3.23. The molecule has 22 heteroatoms. The van der Waals surface area contributed by atoms with Crippen LogP contribution in [0.25, 0.3) is 0 Å². The third kappa shape index (κ3) is 17.0. The lowest BCUT2D eigenvalue weighted by molar-refractivity contribution is -0.143. The summed E-state index contributed by atoms with van der Waals surface area (Å²) in [5.41, 5.74) is 5.05. The first kappa shape index (κ1) is 58.3. The Balaban J connectivity index is 2.02. The normalized spacial score (nSPS) is 17.0. The number of amides is 7. The third-order valence-corrected chi connectivity index (χ3v) is 13.0. The van der Waals surface area contributed by atoms with Crippen molar-refractivity contribution < 1.29 is 63.3 Å². The van der Waals surface area contributed by atoms with Crippen molar-refractivity contribution in [2.45, 2.75) is 134 Å². The number of thioether (sulfide) groups is 1. The van der Waals surface area contributed by atoms with Crippen molar-refractivity contribution in [3.8, 4) is 0 Å². The first-order chi connectivity index (χ1) is 31.5. The van der Waals surface area contributed by atoms with E-state index < -0.39 is 119 Å². The van der Waals surface area contributed by atoms with E-state index >= 15 is 0 Å². The quantitative estimate of drug-likeness (QED) is 0.0431. The monoisotopic (exact) mass is 974 g/mol. The minimum Gasteiger partial charge on any atom is -0.480 e. The van der Waals surface area contributed by atoms with Crippen molar-refractivity contribution in [1.82, 2.24) is 36.4 Å². The van der Waals surface area contributed by atoms with Crippen LogP contribution in [0, 0.1) is 11.3 Å². The number of carboxylic acid groups (broad SMARTS) is 3. The number of hydrogen-bond donors (Lipinski definition) is 9. The molecule has 1 unspecified atom stereocenters. The summed E-state index contributed by atoms with van der Waals surface area (Å²) in [4.78, 5) is 129. The van der Waals surface area contributed by atoms with Crippen LogP contribution in [-0.4, -0.2) is 159 Å². The van der Waals surface area contributed by atoms with Crippen molar-refractivity contribution in [3.63, 3.8) is 0 Å². The van der Waals surface area contributed by atoms with E-state index in [1.807, 2.05) is 78.8 Å². The van der Waals surface area contributed by atoms with Gasteiger partial charge in [-0.3, -0.25) is 43.3 Å². The number of nitrogens with zero attached hydrogens (tertiary/aromatic N) is 2. The zero-order valence-electron chi connectivity index (χ0n) is 40.5. The van der Waals surface area contributed by atoms with Crippen LogP contribution in [0.4, 0.5) is 0 Å². The zero-order chi connectivity index (χ0) is 51.8. The molecule has 0 aromatic heterocycles. The molecule has 1 aromatic rings. The molecule has 10 N–H and O–H groups in total. The fraction of sp³-hybridized carbons (Fsp3) is 0.609. The number of nitrogens with two attached hydrogens (primary N) is 1. The number of carbonyl (C=O) groups is 10. The topological polar surface area (TPSA) is 324 Å². The molecule has 7 atom stereocenters. The van der Waals surface area contributed by atoms with Gasteiger partial charge in [0.15, 0.2) is 0 Å². The lowest BCUT2D eigenvalue weighted by Gasteiger charge is -2.40. The first-order valence-electron chi connectivity index (χ1n) is 22.3. The Bertz CT molecular complexity index is 2040. The summed E-state index contributed by atoms with van der Waals surface area (Å²) in [6, 6.07) is 2.80. The van der Waals surface area contributed by atoms with Gasteiger partial charge in [-0.2, -0.15) is 0 Å². The van der Waals surface area contributed by atoms with Crippen LogP contribution in [0.5, 0.6) is 0 Å². The minimum atomic E-state index is -1.58. The number of likely N-dealkylation sites (tertiary alicyclic amines) is 1. The van der Waals surface area contributed by atoms with Crippen LogP contribution in [0.1, 0.15) is 93.1 Å². The molecule has 2 rings (SSSR count). The van der Waals surface area contributed by atoms with Gasteiger partial charge in [0.25, 0.3) is 0 Å². The summed E-state index contributed by atoms with van der Waals surface area (Å²) in [5.74, 6) is -8.68. The van der Waals surface area contributed by atoms with Gasteiger partial charge < -0.3 is 52.5 Å². The lowest BCUT2D eigenvalue weighted by atomic mass is 9.76. The number of carbonyl (C=O) groups excluding carboxylic acids is 7. The Morgan fingerprint density at radius 1 is 0.853 bits per heavy atom. The molecule has 21 nitrogen and oxygen atoms in total. The Morgan fingerprint density at radius 3 is 1.93 bits per heavy atom. The van der Waals surface area contributed by atoms with Crippen molar-refractivity contribution in [2.24, 2.45) is 17.1 Å². The maximum absolute atomic E-state index is 14.3. The summed E-state index contributed by atoms with van der Waals surface area (Å²) in [5, 5.41) is 41.0. The summed E-state index contributed by atoms with van der Waals surface area (Å²) >= 11 is 0.945. The molecule has 1 fully saturated rings. The van der Waals surface area contributed by atoms with Gasteiger partial charge >= 0.3 is 17.9 Å². The average molecular weight is 975 g/mol. The van der Waals surface area contributed by atoms with E-state index in [1.165, 1.54) is 17.9 Å². The molecule has 0 radical (unpaired) electrons. The molecule has 1 saturated heterocycles. The molecular formula is C46H70N8O13S. The number of carboxylic acids is 3. The fourth-order valence-corrected chi connectivity index (χ4v) is 8.58. The first-order valence-corrected chi connectivity index (χ1v) is 23.3. The van der Waals surface area contributed by atoms with Crippen LogP contribution < -0.4 is 32.3 Å². The average Bonchev–Trinajstić information content (AvgIpc) is 3.53. The van der Waals surface area contributed by atoms with E-state index in [0.29, 0.717) is 0 Å². The maximum Gasteiger partial charge on any atom is 0.326 e. The molecule has 1 aliphatic rings. The highest BCUT2D eigenvalue weighted by atomic mass is 32.2. The molecule has 1 aliphatic heterocycles. The molecule has 0 spiro atoms. The van der Waals surface area contributed by atoms with Crippen LogP contribution in [0.2, 0.25) is 0 Å². The van der Waals surface area contributed by atoms with Crippen LogP contribution in [-0.2, 0) is 53.4 Å². The Kier molecular flexibility index (Phi) is 22.3. The Labute approximate surface area is 401 Å². The van der Waals surface area contributed by atoms with Crippen molar-refractivity contribution >= 4 is 71.0 Å². The molecule has 378 valence electrons. The molecule has 7 amide bonds. The fourth-order valence-electron chi connectivity index (χ4n) is 7.47. The van der Waals surface area contributed by atoms with E-state index in [-0.39, 0.29) is 55.5 Å². The van der Waals surface area contributed by atoms with Gasteiger partial charge in [-0.15, -0.1) is 11.8 Å². The second-order valence-corrected chi connectivity index (χ2v) is 20.0. The zero-order valence-corrected chi connectivity index (χ0v) is 41.4. The molecule has 0 aliphatic carbocycles. The van der Waals surface area contributed by atoms with Gasteiger partial charge in [0.05, 0.1) is 17.3 Å². The van der Waals surface area contributed by atoms with Gasteiger partial charge in [-0.1, -0.05) is 84.9 Å². The number of benzene rings is 1. The van der Waals surface area contributed by atoms with Gasteiger partial charge in [0.1, 0.15) is 24.2 Å². The smallest absolute Gasteiger partial charge is 0.326 e. The van der Waals surface area contributed by atoms with Crippen molar-refractivity contribution in [1.29, 1.82) is 0 Å². The molecule has 68 heavy (non-hydrogen) atoms. The highest BCUT2D eigenvalue weighted by Crippen LogP contribution is 2.29. The standard InChI is InChI=1S/C46H70N8O13S/c1-25(2)31(53(10)41(61)37(45(4,5)6)52-39(59)36(48-9)46(7,8)27-14-12-11-13-15-27)22-26(3)38(58)51-30(44(66)67)17-19-34(56)50-29(43(64)65)16-18-33(55)49-20-21-54-35(57)23-32(40(54)60)68-24-28(47)42(62)63/h11-15,22,25,28-32,36-37,48H,16-21,23-24,47H2,1-10H3,(H,49,55)(H,50,56)(H,51,58)(H,52,59)(H,62,63)(H,64,65)(H,66,67)/b26-22+/t28-,29+,30+,31+,32?,36+,37+/m0/s1. The predicted molar refractivity (Wildman–Crippen MR) is 253 cm³/mol. The van der Waals surface area contributed by atoms with Gasteiger partial charge in [-0.25, -0.2) is 9.59 Å². The number of imide groups is 1. The number of likely N-dealkylation sites (N-methyl/N-ethyl adjacent to an activating group) is 2. The Morgan fingerprint density at radius 2 is 1.41 bits per heavy atom. The lowest BCUT2D eigenvalue weighted by Crippen LogP contribution is -2.61. The summed E-state index contributed by atoms with van der Waals surface area (Å²) < 4.78 is 0. The van der Waals surface area contributed by atoms with Gasteiger partial charge in [0, 0.05) is 56.1 Å². The summed E-state index contributed by atoms with van der Waals surface area (Å²) in [6.07, 6.45) is -0.316. The van der Waals surface area contributed by atoms with Crippen LogP contribution >= 0.6 is 11.8 Å². The number of aliphatic carboxylic acids is 3. The van der Waals surface area contributed by atoms with E-state index in [2.05, 4.69) is 26.6 Å². The van der Waals surface area contributed by atoms with E-state index in [1.54, 1.807) is 14.1 Å². The third-order valence-electron chi connectivity index (χ3n) is 11.7. The number of nitrogens with one attached hydrogen (secondary N) is 5. The highest BCUT2D eigenvalue weighted by Gasteiger charge is 2.42. The number of hydrogen-bond acceptors (Lipinski definition) is 13. The second kappa shape index (κ2) is 26.0. The van der Waals surface area contributed by atoms with Gasteiger partial charge in [-0.05, 0) is 43.7 Å². The summed E-state index contributed by atoms with van der Waals surface area (Å²) in [6.45, 7) is 14.1.